The molecule has 0 aliphatic carbocycles. The highest BCUT2D eigenvalue weighted by Gasteiger charge is 2.14. The van der Waals surface area contributed by atoms with Gasteiger partial charge in [-0.25, -0.2) is 0 Å². The van der Waals surface area contributed by atoms with Gasteiger partial charge in [-0.1, -0.05) is 11.6 Å². The van der Waals surface area contributed by atoms with Gasteiger partial charge in [-0.3, -0.25) is 0 Å². The summed E-state index contributed by atoms with van der Waals surface area (Å²) in [6.45, 7) is 3.30. The van der Waals surface area contributed by atoms with Crippen molar-refractivity contribution in [3.63, 3.8) is 0 Å². The number of hydrogen-bond donors (Lipinski definition) is 1. The molecule has 1 unspecified atom stereocenters. The van der Waals surface area contributed by atoms with Crippen molar-refractivity contribution in [2.45, 2.75) is 44.6 Å². The van der Waals surface area contributed by atoms with Crippen LogP contribution in [0.15, 0.2) is 11.6 Å². The van der Waals surface area contributed by atoms with Crippen molar-refractivity contribution in [2.75, 3.05) is 19.7 Å². The Bertz CT molecular complexity index is 186. The van der Waals surface area contributed by atoms with Crippen molar-refractivity contribution >= 4 is 0 Å². The molecule has 0 aromatic heterocycles. The molecule has 1 atom stereocenters. The first-order valence-corrected chi connectivity index (χ1v) is 5.95. The molecule has 2 aliphatic heterocycles. The Morgan fingerprint density at radius 3 is 3.14 bits per heavy atom. The van der Waals surface area contributed by atoms with Gasteiger partial charge in [-0.15, -0.1) is 0 Å². The van der Waals surface area contributed by atoms with Gasteiger partial charge in [-0.2, -0.15) is 0 Å². The Hall–Kier alpha value is -0.340. The van der Waals surface area contributed by atoms with Gasteiger partial charge in [0.05, 0.1) is 6.10 Å². The average molecular weight is 195 g/mol. The predicted molar refractivity (Wildman–Crippen MR) is 58.4 cm³/mol. The van der Waals surface area contributed by atoms with Gasteiger partial charge in [-0.05, 0) is 45.1 Å². The molecular formula is C12H21NO. The van der Waals surface area contributed by atoms with Gasteiger partial charge >= 0.3 is 0 Å². The quantitative estimate of drug-likeness (QED) is 0.697. The largest absolute Gasteiger partial charge is 0.378 e. The number of rotatable bonds is 3. The van der Waals surface area contributed by atoms with Crippen molar-refractivity contribution in [3.8, 4) is 0 Å². The van der Waals surface area contributed by atoms with Crippen LogP contribution < -0.4 is 5.32 Å². The minimum absolute atomic E-state index is 0.559. The summed E-state index contributed by atoms with van der Waals surface area (Å²) in [6.07, 6.45) is 10.6. The molecule has 14 heavy (non-hydrogen) atoms. The molecule has 2 aliphatic rings. The number of nitrogens with one attached hydrogen (secondary N) is 1. The van der Waals surface area contributed by atoms with Gasteiger partial charge in [0.2, 0.25) is 0 Å². The molecule has 0 aromatic carbocycles. The second-order valence-corrected chi connectivity index (χ2v) is 4.36. The molecule has 2 fully saturated rings. The molecule has 2 heterocycles. The van der Waals surface area contributed by atoms with Crippen LogP contribution in [-0.4, -0.2) is 25.8 Å². The van der Waals surface area contributed by atoms with Crippen LogP contribution in [0.5, 0.6) is 0 Å². The monoisotopic (exact) mass is 195 g/mol. The Balaban J connectivity index is 1.64. The Kier molecular flexibility index (Phi) is 4.02. The summed E-state index contributed by atoms with van der Waals surface area (Å²) in [4.78, 5) is 0. The summed E-state index contributed by atoms with van der Waals surface area (Å²) >= 11 is 0. The summed E-state index contributed by atoms with van der Waals surface area (Å²) in [6, 6.07) is 0. The van der Waals surface area contributed by atoms with Crippen LogP contribution in [0.4, 0.5) is 0 Å². The van der Waals surface area contributed by atoms with Crippen LogP contribution in [0, 0.1) is 0 Å². The fourth-order valence-corrected chi connectivity index (χ4v) is 2.30. The van der Waals surface area contributed by atoms with Crippen LogP contribution in [-0.2, 0) is 4.74 Å². The lowest BCUT2D eigenvalue weighted by molar-refractivity contribution is 0.105. The van der Waals surface area contributed by atoms with Gasteiger partial charge in [0.15, 0.2) is 0 Å². The maximum absolute atomic E-state index is 5.60. The Labute approximate surface area is 86.7 Å². The van der Waals surface area contributed by atoms with Crippen molar-refractivity contribution in [2.24, 2.45) is 0 Å². The fourth-order valence-electron chi connectivity index (χ4n) is 2.30. The van der Waals surface area contributed by atoms with E-state index in [9.17, 15) is 0 Å². The Morgan fingerprint density at radius 1 is 1.43 bits per heavy atom. The number of allylic oxidation sites excluding steroid dienone is 1. The molecule has 2 rings (SSSR count). The van der Waals surface area contributed by atoms with Crippen LogP contribution in [0.3, 0.4) is 0 Å². The smallest absolute Gasteiger partial charge is 0.0579 e. The predicted octanol–water partition coefficient (Wildman–Crippen LogP) is 2.26. The molecule has 2 nitrogen and oxygen atoms in total. The molecule has 0 aromatic rings. The van der Waals surface area contributed by atoms with Crippen LogP contribution >= 0.6 is 0 Å². The lowest BCUT2D eigenvalue weighted by Gasteiger charge is -2.15. The van der Waals surface area contributed by atoms with E-state index in [1.807, 2.05) is 0 Å². The first-order valence-electron chi connectivity index (χ1n) is 5.95. The third kappa shape index (κ3) is 3.10. The van der Waals surface area contributed by atoms with E-state index in [0.29, 0.717) is 6.10 Å². The molecule has 2 saturated heterocycles. The van der Waals surface area contributed by atoms with E-state index in [1.165, 1.54) is 45.1 Å². The SMILES string of the molecule is C(CCC1CCCO1)=C1CCCNC1. The van der Waals surface area contributed by atoms with E-state index in [4.69, 9.17) is 4.74 Å². The van der Waals surface area contributed by atoms with Gasteiger partial charge in [0.1, 0.15) is 0 Å². The van der Waals surface area contributed by atoms with Gasteiger partial charge < -0.3 is 10.1 Å². The molecule has 0 amide bonds. The standard InChI is InChI=1S/C12H21NO/c1(6-12-7-3-9-14-12)4-11-5-2-8-13-10-11/h4,12-13H,1-3,5-10H2. The summed E-state index contributed by atoms with van der Waals surface area (Å²) in [7, 11) is 0. The zero-order valence-electron chi connectivity index (χ0n) is 8.93. The minimum Gasteiger partial charge on any atom is -0.378 e. The molecule has 1 N–H and O–H groups in total. The van der Waals surface area contributed by atoms with E-state index >= 15 is 0 Å². The molecule has 0 spiro atoms. The lowest BCUT2D eigenvalue weighted by atomic mass is 10.0. The molecule has 2 heteroatoms. The molecule has 0 radical (unpaired) electrons. The van der Waals surface area contributed by atoms with Crippen LogP contribution in [0.25, 0.3) is 0 Å². The van der Waals surface area contributed by atoms with Crippen LogP contribution in [0.2, 0.25) is 0 Å². The van der Waals surface area contributed by atoms with Gasteiger partial charge in [0, 0.05) is 13.2 Å². The number of ether oxygens (including phenoxy) is 1. The highest BCUT2D eigenvalue weighted by atomic mass is 16.5. The van der Waals surface area contributed by atoms with Crippen molar-refractivity contribution in [1.82, 2.24) is 5.32 Å². The second-order valence-electron chi connectivity index (χ2n) is 4.36. The zero-order chi connectivity index (χ0) is 9.64. The zero-order valence-corrected chi connectivity index (χ0v) is 8.93. The third-order valence-corrected chi connectivity index (χ3v) is 3.15. The first kappa shape index (κ1) is 10.2. The number of hydrogen-bond acceptors (Lipinski definition) is 2. The topological polar surface area (TPSA) is 21.3 Å². The second kappa shape index (κ2) is 5.52. The lowest BCUT2D eigenvalue weighted by Crippen LogP contribution is -2.23. The summed E-state index contributed by atoms with van der Waals surface area (Å²) in [5.41, 5.74) is 1.61. The van der Waals surface area contributed by atoms with E-state index in [-0.39, 0.29) is 0 Å². The van der Waals surface area contributed by atoms with Gasteiger partial charge in [0.25, 0.3) is 0 Å². The van der Waals surface area contributed by atoms with Crippen molar-refractivity contribution in [1.29, 1.82) is 0 Å². The van der Waals surface area contributed by atoms with Crippen LogP contribution in [0.1, 0.15) is 38.5 Å². The summed E-state index contributed by atoms with van der Waals surface area (Å²) < 4.78 is 5.60. The minimum atomic E-state index is 0.559. The van der Waals surface area contributed by atoms with E-state index in [2.05, 4.69) is 11.4 Å². The normalized spacial score (nSPS) is 31.1. The maximum atomic E-state index is 5.60. The third-order valence-electron chi connectivity index (χ3n) is 3.15. The first-order chi connectivity index (χ1) is 6.95. The highest BCUT2D eigenvalue weighted by molar-refractivity contribution is 5.06. The summed E-state index contributed by atoms with van der Waals surface area (Å²) in [5, 5.41) is 3.41. The van der Waals surface area contributed by atoms with E-state index < -0.39 is 0 Å². The van der Waals surface area contributed by atoms with Crippen molar-refractivity contribution in [3.05, 3.63) is 11.6 Å². The molecular weight excluding hydrogens is 174 g/mol. The molecule has 0 saturated carbocycles. The van der Waals surface area contributed by atoms with E-state index in [1.54, 1.807) is 5.57 Å². The number of piperidine rings is 1. The highest BCUT2D eigenvalue weighted by Crippen LogP contribution is 2.18. The average Bonchev–Trinajstić information content (AvgIpc) is 2.72. The maximum Gasteiger partial charge on any atom is 0.0579 e. The molecule has 0 bridgehead atoms. The Morgan fingerprint density at radius 2 is 2.43 bits per heavy atom. The van der Waals surface area contributed by atoms with Crippen molar-refractivity contribution < 1.29 is 4.74 Å². The molecule has 80 valence electrons. The van der Waals surface area contributed by atoms with E-state index in [0.717, 1.165) is 13.2 Å². The summed E-state index contributed by atoms with van der Waals surface area (Å²) in [5.74, 6) is 0. The fraction of sp³-hybridized carbons (Fsp3) is 0.833.